The van der Waals surface area contributed by atoms with E-state index in [0.717, 1.165) is 17.9 Å². The van der Waals surface area contributed by atoms with Gasteiger partial charge in [-0.25, -0.2) is 4.79 Å². The highest BCUT2D eigenvalue weighted by molar-refractivity contribution is 5.89. The summed E-state index contributed by atoms with van der Waals surface area (Å²) in [6.45, 7) is 2.75. The van der Waals surface area contributed by atoms with Gasteiger partial charge >= 0.3 is 6.03 Å². The Morgan fingerprint density at radius 2 is 1.80 bits per heavy atom. The van der Waals surface area contributed by atoms with Crippen molar-refractivity contribution in [2.45, 2.75) is 26.4 Å². The molecule has 158 valence electrons. The predicted octanol–water partition coefficient (Wildman–Crippen LogP) is 3.93. The number of rotatable bonds is 9. The van der Waals surface area contributed by atoms with Gasteiger partial charge in [-0.15, -0.1) is 0 Å². The van der Waals surface area contributed by atoms with Crippen molar-refractivity contribution in [3.05, 3.63) is 65.8 Å². The average molecular weight is 410 g/mol. The van der Waals surface area contributed by atoms with Crippen molar-refractivity contribution >= 4 is 11.7 Å². The first-order chi connectivity index (χ1) is 14.6. The molecule has 2 aromatic carbocycles. The minimum absolute atomic E-state index is 0.201. The first kappa shape index (κ1) is 21.2. The zero-order valence-electron chi connectivity index (χ0n) is 17.4. The highest BCUT2D eigenvalue weighted by Gasteiger charge is 2.12. The zero-order chi connectivity index (χ0) is 21.3. The Hall–Kier alpha value is -3.55. The Balaban J connectivity index is 1.43. The van der Waals surface area contributed by atoms with Crippen molar-refractivity contribution in [2.75, 3.05) is 26.0 Å². The summed E-state index contributed by atoms with van der Waals surface area (Å²) >= 11 is 0. The van der Waals surface area contributed by atoms with Crippen LogP contribution in [0.5, 0.6) is 11.5 Å². The van der Waals surface area contributed by atoms with Crippen molar-refractivity contribution in [1.29, 1.82) is 0 Å². The number of nitrogens with zero attached hydrogens (tertiary/aromatic N) is 3. The molecule has 0 aliphatic rings. The summed E-state index contributed by atoms with van der Waals surface area (Å²) in [5.41, 5.74) is 1.95. The molecular formula is C22H26N4O4. The Kier molecular flexibility index (Phi) is 7.26. The highest BCUT2D eigenvalue weighted by atomic mass is 16.5. The third-order valence-electron chi connectivity index (χ3n) is 4.56. The maximum atomic E-state index is 12.3. The molecule has 0 saturated carbocycles. The lowest BCUT2D eigenvalue weighted by atomic mass is 10.2. The van der Waals surface area contributed by atoms with Crippen molar-refractivity contribution in [2.24, 2.45) is 0 Å². The number of aromatic nitrogens is 2. The van der Waals surface area contributed by atoms with Crippen LogP contribution in [0, 0.1) is 0 Å². The number of benzene rings is 2. The van der Waals surface area contributed by atoms with E-state index in [-0.39, 0.29) is 12.6 Å². The molecule has 8 nitrogen and oxygen atoms in total. The molecule has 2 amide bonds. The molecule has 0 saturated heterocycles. The summed E-state index contributed by atoms with van der Waals surface area (Å²) in [6, 6.07) is 14.8. The van der Waals surface area contributed by atoms with Gasteiger partial charge in [0.2, 0.25) is 0 Å². The number of urea groups is 1. The van der Waals surface area contributed by atoms with E-state index in [1.165, 1.54) is 5.56 Å². The minimum Gasteiger partial charge on any atom is -0.497 e. The van der Waals surface area contributed by atoms with Gasteiger partial charge in [-0.2, -0.15) is 4.98 Å². The number of anilines is 1. The van der Waals surface area contributed by atoms with Crippen LogP contribution in [0.1, 0.15) is 24.2 Å². The van der Waals surface area contributed by atoms with E-state index in [9.17, 15) is 4.79 Å². The van der Waals surface area contributed by atoms with Gasteiger partial charge in [0, 0.05) is 25.7 Å². The van der Waals surface area contributed by atoms with Crippen LogP contribution in [-0.4, -0.2) is 41.8 Å². The maximum Gasteiger partial charge on any atom is 0.321 e. The Labute approximate surface area is 175 Å². The van der Waals surface area contributed by atoms with Crippen LogP contribution >= 0.6 is 0 Å². The summed E-state index contributed by atoms with van der Waals surface area (Å²) in [6.07, 6.45) is 1.46. The number of nitrogens with one attached hydrogen (secondary N) is 1. The first-order valence-electron chi connectivity index (χ1n) is 9.76. The third kappa shape index (κ3) is 5.97. The van der Waals surface area contributed by atoms with Gasteiger partial charge in [-0.05, 0) is 48.4 Å². The van der Waals surface area contributed by atoms with Gasteiger partial charge in [-0.3, -0.25) is 0 Å². The molecule has 30 heavy (non-hydrogen) atoms. The molecular weight excluding hydrogens is 384 g/mol. The molecule has 0 aliphatic heterocycles. The molecule has 0 bridgehead atoms. The third-order valence-corrected chi connectivity index (χ3v) is 4.56. The molecule has 1 heterocycles. The Morgan fingerprint density at radius 1 is 1.10 bits per heavy atom. The number of likely N-dealkylation sites (N-methyl/N-ethyl adjacent to an activating group) is 1. The summed E-state index contributed by atoms with van der Waals surface area (Å²) < 4.78 is 16.0. The van der Waals surface area contributed by atoms with E-state index in [2.05, 4.69) is 22.4 Å². The standard InChI is InChI=1S/C22H26N4O4/c1-4-16-5-9-19(10-6-16)29-15-21-24-20(25-30-21)13-14-26(2)22(27)23-17-7-11-18(28-3)12-8-17/h5-12H,4,13-15H2,1-3H3,(H,23,27). The molecule has 8 heteroatoms. The van der Waals surface area contributed by atoms with Gasteiger partial charge in [0.25, 0.3) is 5.89 Å². The minimum atomic E-state index is -0.220. The summed E-state index contributed by atoms with van der Waals surface area (Å²) in [5, 5.41) is 6.78. The number of carbonyl (C=O) groups excluding carboxylic acids is 1. The van der Waals surface area contributed by atoms with E-state index in [1.807, 2.05) is 24.3 Å². The molecule has 1 N–H and O–H groups in total. The lowest BCUT2D eigenvalue weighted by molar-refractivity contribution is 0.222. The second kappa shape index (κ2) is 10.3. The highest BCUT2D eigenvalue weighted by Crippen LogP contribution is 2.16. The normalized spacial score (nSPS) is 10.5. The van der Waals surface area contributed by atoms with Crippen LogP contribution in [0.2, 0.25) is 0 Å². The van der Waals surface area contributed by atoms with E-state index < -0.39 is 0 Å². The molecule has 0 unspecified atom stereocenters. The lowest BCUT2D eigenvalue weighted by Crippen LogP contribution is -2.33. The predicted molar refractivity (Wildman–Crippen MR) is 113 cm³/mol. The van der Waals surface area contributed by atoms with E-state index in [4.69, 9.17) is 14.0 Å². The lowest BCUT2D eigenvalue weighted by Gasteiger charge is -2.17. The molecule has 3 rings (SSSR count). The van der Waals surface area contributed by atoms with Crippen molar-refractivity contribution in [3.8, 4) is 11.5 Å². The summed E-state index contributed by atoms with van der Waals surface area (Å²) in [4.78, 5) is 18.2. The second-order valence-corrected chi connectivity index (χ2v) is 6.72. The zero-order valence-corrected chi connectivity index (χ0v) is 17.4. The van der Waals surface area contributed by atoms with Crippen molar-refractivity contribution < 1.29 is 18.8 Å². The van der Waals surface area contributed by atoms with Gasteiger partial charge in [-0.1, -0.05) is 24.2 Å². The van der Waals surface area contributed by atoms with Crippen LogP contribution in [0.4, 0.5) is 10.5 Å². The fourth-order valence-corrected chi connectivity index (χ4v) is 2.68. The smallest absolute Gasteiger partial charge is 0.321 e. The van der Waals surface area contributed by atoms with E-state index >= 15 is 0 Å². The number of methoxy groups -OCH3 is 1. The fourth-order valence-electron chi connectivity index (χ4n) is 2.68. The number of hydrogen-bond acceptors (Lipinski definition) is 6. The number of aryl methyl sites for hydroxylation is 1. The van der Waals surface area contributed by atoms with Crippen molar-refractivity contribution in [1.82, 2.24) is 15.0 Å². The van der Waals surface area contributed by atoms with Crippen LogP contribution in [0.25, 0.3) is 0 Å². The number of amides is 2. The Morgan fingerprint density at radius 3 is 2.47 bits per heavy atom. The number of carbonyl (C=O) groups is 1. The molecule has 0 fully saturated rings. The van der Waals surface area contributed by atoms with Crippen LogP contribution in [0.15, 0.2) is 53.1 Å². The number of hydrogen-bond donors (Lipinski definition) is 1. The van der Waals surface area contributed by atoms with Crippen LogP contribution < -0.4 is 14.8 Å². The summed E-state index contributed by atoms with van der Waals surface area (Å²) in [5.74, 6) is 2.41. The quantitative estimate of drug-likeness (QED) is 0.575. The van der Waals surface area contributed by atoms with Crippen molar-refractivity contribution in [3.63, 3.8) is 0 Å². The van der Waals surface area contributed by atoms with Gasteiger partial charge < -0.3 is 24.2 Å². The number of ether oxygens (including phenoxy) is 2. The maximum absolute atomic E-state index is 12.3. The largest absolute Gasteiger partial charge is 0.497 e. The average Bonchev–Trinajstić information content (AvgIpc) is 3.24. The molecule has 0 spiro atoms. The van der Waals surface area contributed by atoms with E-state index in [1.54, 1.807) is 43.3 Å². The molecule has 1 aromatic heterocycles. The van der Waals surface area contributed by atoms with Gasteiger partial charge in [0.1, 0.15) is 11.5 Å². The molecule has 0 atom stereocenters. The fraction of sp³-hybridized carbons (Fsp3) is 0.318. The monoisotopic (exact) mass is 410 g/mol. The SMILES string of the molecule is CCc1ccc(OCc2nc(CCN(C)C(=O)Nc3ccc(OC)cc3)no2)cc1. The topological polar surface area (TPSA) is 89.7 Å². The summed E-state index contributed by atoms with van der Waals surface area (Å²) in [7, 11) is 3.31. The van der Waals surface area contributed by atoms with E-state index in [0.29, 0.717) is 30.4 Å². The van der Waals surface area contributed by atoms with Gasteiger partial charge in [0.05, 0.1) is 7.11 Å². The van der Waals surface area contributed by atoms with Gasteiger partial charge in [0.15, 0.2) is 12.4 Å². The second-order valence-electron chi connectivity index (χ2n) is 6.72. The molecule has 0 aliphatic carbocycles. The van der Waals surface area contributed by atoms with Crippen LogP contribution in [-0.2, 0) is 19.4 Å². The van der Waals surface area contributed by atoms with Crippen LogP contribution in [0.3, 0.4) is 0 Å². The molecule has 0 radical (unpaired) electrons. The Bertz CT molecular complexity index is 939. The molecule has 3 aromatic rings. The first-order valence-corrected chi connectivity index (χ1v) is 9.76.